The highest BCUT2D eigenvalue weighted by Gasteiger charge is 2.32. The van der Waals surface area contributed by atoms with E-state index < -0.39 is 10.7 Å². The summed E-state index contributed by atoms with van der Waals surface area (Å²) in [4.78, 5) is 24.9. The lowest BCUT2D eigenvalue weighted by Gasteiger charge is -2.21. The molecule has 0 N–H and O–H groups in total. The van der Waals surface area contributed by atoms with E-state index in [1.165, 1.54) is 23.1 Å². The van der Waals surface area contributed by atoms with E-state index in [-0.39, 0.29) is 17.3 Å². The second-order valence-electron chi connectivity index (χ2n) is 6.94. The normalized spacial score (nSPS) is 14.9. The molecule has 0 aliphatic carbocycles. The van der Waals surface area contributed by atoms with E-state index >= 15 is 0 Å². The molecule has 30 heavy (non-hydrogen) atoms. The Kier molecular flexibility index (Phi) is 4.98. The van der Waals surface area contributed by atoms with Crippen LogP contribution in [0.2, 0.25) is 0 Å². The maximum absolute atomic E-state index is 14.5. The fraction of sp³-hybridized carbons (Fsp3) is 0.0417. The molecule has 1 aliphatic heterocycles. The predicted octanol–water partition coefficient (Wildman–Crippen LogP) is 5.51. The minimum atomic E-state index is -0.500. The smallest absolute Gasteiger partial charge is 0.269 e. The number of halogens is 1. The highest BCUT2D eigenvalue weighted by Crippen LogP contribution is 2.36. The molecule has 0 aromatic heterocycles. The number of carbonyl (C=O) groups is 1. The van der Waals surface area contributed by atoms with E-state index in [1.807, 2.05) is 31.2 Å². The molecule has 1 aliphatic rings. The van der Waals surface area contributed by atoms with E-state index in [0.29, 0.717) is 16.8 Å². The molecule has 3 aromatic carbocycles. The number of rotatable bonds is 4. The first-order valence-electron chi connectivity index (χ1n) is 9.28. The van der Waals surface area contributed by atoms with Crippen molar-refractivity contribution in [1.82, 2.24) is 0 Å². The maximum Gasteiger partial charge on any atom is 0.269 e. The van der Waals surface area contributed by atoms with Crippen molar-refractivity contribution in [3.8, 4) is 0 Å². The van der Waals surface area contributed by atoms with Gasteiger partial charge in [-0.15, -0.1) is 0 Å². The van der Waals surface area contributed by atoms with Crippen LogP contribution in [0.3, 0.4) is 0 Å². The molecule has 0 spiro atoms. The molecule has 0 fully saturated rings. The van der Waals surface area contributed by atoms with Crippen molar-refractivity contribution in [1.29, 1.82) is 0 Å². The van der Waals surface area contributed by atoms with E-state index in [1.54, 1.807) is 42.5 Å². The highest BCUT2D eigenvalue weighted by atomic mass is 19.1. The number of aryl methyl sites for hydroxylation is 1. The van der Waals surface area contributed by atoms with Crippen LogP contribution in [0.1, 0.15) is 16.7 Å². The molecule has 0 atom stereocenters. The number of hydrogen-bond acceptors (Lipinski definition) is 3. The first kappa shape index (κ1) is 19.3. The molecule has 148 valence electrons. The molecule has 0 unspecified atom stereocenters. The summed E-state index contributed by atoms with van der Waals surface area (Å²) in [6.45, 7) is 1.96. The van der Waals surface area contributed by atoms with Crippen LogP contribution in [0, 0.1) is 22.9 Å². The van der Waals surface area contributed by atoms with E-state index in [2.05, 4.69) is 0 Å². The van der Waals surface area contributed by atoms with Gasteiger partial charge in [0.05, 0.1) is 16.3 Å². The molecule has 0 saturated heterocycles. The number of non-ortho nitro benzene ring substituents is 1. The third-order valence-electron chi connectivity index (χ3n) is 4.85. The van der Waals surface area contributed by atoms with Gasteiger partial charge in [-0.1, -0.05) is 42.0 Å². The molecule has 3 aromatic rings. The van der Waals surface area contributed by atoms with Gasteiger partial charge in [-0.2, -0.15) is 0 Å². The second-order valence-corrected chi connectivity index (χ2v) is 6.94. The average Bonchev–Trinajstić information content (AvgIpc) is 3.05. The molecule has 1 amide bonds. The molecule has 0 radical (unpaired) electrons. The fourth-order valence-corrected chi connectivity index (χ4v) is 3.30. The Morgan fingerprint density at radius 1 is 0.967 bits per heavy atom. The summed E-state index contributed by atoms with van der Waals surface area (Å²) in [6, 6.07) is 19.7. The van der Waals surface area contributed by atoms with E-state index in [9.17, 15) is 19.3 Å². The Morgan fingerprint density at radius 3 is 2.27 bits per heavy atom. The van der Waals surface area contributed by atoms with Gasteiger partial charge in [-0.3, -0.25) is 19.8 Å². The van der Waals surface area contributed by atoms with Gasteiger partial charge < -0.3 is 0 Å². The zero-order chi connectivity index (χ0) is 21.3. The number of para-hydroxylation sites is 1. The van der Waals surface area contributed by atoms with Gasteiger partial charge in [-0.25, -0.2) is 4.39 Å². The van der Waals surface area contributed by atoms with Crippen molar-refractivity contribution in [2.24, 2.45) is 0 Å². The summed E-state index contributed by atoms with van der Waals surface area (Å²) in [7, 11) is 0. The minimum Gasteiger partial charge on any atom is -0.273 e. The standard InChI is InChI=1S/C24H17FN2O3/c1-16-6-10-18(11-7-16)23-15-19(14-17-8-12-20(13-9-17)27(29)30)24(28)26(23)22-5-3-2-4-21(22)25/h2-15H,1H3/b19-14+. The summed E-state index contributed by atoms with van der Waals surface area (Å²) >= 11 is 0. The Morgan fingerprint density at radius 2 is 1.63 bits per heavy atom. The van der Waals surface area contributed by atoms with Crippen molar-refractivity contribution < 1.29 is 14.1 Å². The molecular weight excluding hydrogens is 383 g/mol. The topological polar surface area (TPSA) is 63.5 Å². The number of benzene rings is 3. The predicted molar refractivity (Wildman–Crippen MR) is 114 cm³/mol. The van der Waals surface area contributed by atoms with Gasteiger partial charge in [0.25, 0.3) is 11.6 Å². The van der Waals surface area contributed by atoms with E-state index in [0.717, 1.165) is 11.1 Å². The van der Waals surface area contributed by atoms with Crippen LogP contribution in [0.4, 0.5) is 15.8 Å². The van der Waals surface area contributed by atoms with Crippen molar-refractivity contribution in [3.05, 3.63) is 117 Å². The van der Waals surface area contributed by atoms with Crippen LogP contribution < -0.4 is 4.90 Å². The first-order chi connectivity index (χ1) is 14.4. The summed E-state index contributed by atoms with van der Waals surface area (Å²) in [6.07, 6.45) is 3.35. The molecule has 0 bridgehead atoms. The molecular formula is C24H17FN2O3. The lowest BCUT2D eigenvalue weighted by atomic mass is 10.1. The molecule has 6 heteroatoms. The Hall–Kier alpha value is -4.06. The van der Waals surface area contributed by atoms with Gasteiger partial charge in [0.2, 0.25) is 0 Å². The molecule has 1 heterocycles. The number of amides is 1. The number of anilines is 1. The highest BCUT2D eigenvalue weighted by molar-refractivity contribution is 6.23. The maximum atomic E-state index is 14.5. The van der Waals surface area contributed by atoms with Crippen LogP contribution in [-0.2, 0) is 4.79 Å². The van der Waals surface area contributed by atoms with Crippen molar-refractivity contribution in [2.75, 3.05) is 4.90 Å². The van der Waals surface area contributed by atoms with Gasteiger partial charge >= 0.3 is 0 Å². The summed E-state index contributed by atoms with van der Waals surface area (Å²) in [5, 5.41) is 10.8. The Balaban J connectivity index is 1.80. The monoisotopic (exact) mass is 400 g/mol. The van der Waals surface area contributed by atoms with Crippen LogP contribution in [-0.4, -0.2) is 10.8 Å². The van der Waals surface area contributed by atoms with Gasteiger partial charge in [-0.05, 0) is 54.5 Å². The quantitative estimate of drug-likeness (QED) is 0.329. The SMILES string of the molecule is Cc1ccc(C2=C/C(=C\c3ccc([N+](=O)[O-])cc3)C(=O)N2c2ccccc2F)cc1. The number of carbonyl (C=O) groups excluding carboxylic acids is 1. The van der Waals surface area contributed by atoms with Crippen molar-refractivity contribution >= 4 is 29.1 Å². The third-order valence-corrected chi connectivity index (χ3v) is 4.85. The number of nitro benzene ring substituents is 1. The second kappa shape index (κ2) is 7.75. The summed E-state index contributed by atoms with van der Waals surface area (Å²) < 4.78 is 14.5. The lowest BCUT2D eigenvalue weighted by molar-refractivity contribution is -0.384. The van der Waals surface area contributed by atoms with Gasteiger partial charge in [0.1, 0.15) is 5.82 Å². The number of nitro groups is 1. The molecule has 4 rings (SSSR count). The fourth-order valence-electron chi connectivity index (χ4n) is 3.30. The average molecular weight is 400 g/mol. The van der Waals surface area contributed by atoms with Crippen molar-refractivity contribution in [2.45, 2.75) is 6.92 Å². The molecule has 0 saturated carbocycles. The van der Waals surface area contributed by atoms with Crippen LogP contribution in [0.5, 0.6) is 0 Å². The van der Waals surface area contributed by atoms with Gasteiger partial charge in [0, 0.05) is 17.7 Å². The summed E-state index contributed by atoms with van der Waals surface area (Å²) in [5.41, 5.74) is 3.56. The zero-order valence-electron chi connectivity index (χ0n) is 16.1. The van der Waals surface area contributed by atoms with Crippen molar-refractivity contribution in [3.63, 3.8) is 0 Å². The largest absolute Gasteiger partial charge is 0.273 e. The number of hydrogen-bond donors (Lipinski definition) is 0. The Labute approximate surface area is 172 Å². The lowest BCUT2D eigenvalue weighted by Crippen LogP contribution is -2.25. The van der Waals surface area contributed by atoms with Crippen LogP contribution >= 0.6 is 0 Å². The minimum absolute atomic E-state index is 0.0289. The zero-order valence-corrected chi connectivity index (χ0v) is 16.1. The van der Waals surface area contributed by atoms with Crippen LogP contribution in [0.15, 0.2) is 84.4 Å². The van der Waals surface area contributed by atoms with Gasteiger partial charge in [0.15, 0.2) is 0 Å². The first-order valence-corrected chi connectivity index (χ1v) is 9.28. The Bertz CT molecular complexity index is 1200. The summed E-state index contributed by atoms with van der Waals surface area (Å²) in [5.74, 6) is -0.866. The van der Waals surface area contributed by atoms with E-state index in [4.69, 9.17) is 0 Å². The third kappa shape index (κ3) is 3.63. The molecule has 5 nitrogen and oxygen atoms in total. The van der Waals surface area contributed by atoms with Crippen LogP contribution in [0.25, 0.3) is 11.8 Å². The number of nitrogens with zero attached hydrogens (tertiary/aromatic N) is 2.